The molecule has 3 heteroatoms. The number of hydrogen-bond donors (Lipinski definition) is 0. The second-order valence-corrected chi connectivity index (χ2v) is 5.86. The second-order valence-electron chi connectivity index (χ2n) is 5.86. The van der Waals surface area contributed by atoms with Crippen LogP contribution in [0.4, 0.5) is 4.39 Å². The van der Waals surface area contributed by atoms with E-state index in [4.69, 9.17) is 0 Å². The van der Waals surface area contributed by atoms with E-state index in [0.717, 1.165) is 19.4 Å². The molecule has 2 nitrogen and oxygen atoms in total. The van der Waals surface area contributed by atoms with Gasteiger partial charge in [0.2, 0.25) is 0 Å². The van der Waals surface area contributed by atoms with Gasteiger partial charge in [0.05, 0.1) is 0 Å². The summed E-state index contributed by atoms with van der Waals surface area (Å²) in [5.74, 6) is 0.535. The minimum absolute atomic E-state index is 0.0831. The van der Waals surface area contributed by atoms with Gasteiger partial charge in [-0.25, -0.2) is 4.39 Å². The van der Waals surface area contributed by atoms with Gasteiger partial charge >= 0.3 is 0 Å². The zero-order chi connectivity index (χ0) is 13.4. The molecule has 2 unspecified atom stereocenters. The maximum absolute atomic E-state index is 13.3. The van der Waals surface area contributed by atoms with Gasteiger partial charge < -0.3 is 4.90 Å². The molecule has 3 rings (SSSR count). The minimum atomic E-state index is -0.242. The average molecular weight is 261 g/mol. The summed E-state index contributed by atoms with van der Waals surface area (Å²) in [5.41, 5.74) is 1.18. The second kappa shape index (κ2) is 4.95. The predicted molar refractivity (Wildman–Crippen MR) is 72.5 cm³/mol. The highest BCUT2D eigenvalue weighted by molar-refractivity contribution is 5.94. The van der Waals surface area contributed by atoms with E-state index in [1.165, 1.54) is 25.3 Å². The van der Waals surface area contributed by atoms with Gasteiger partial charge in [-0.1, -0.05) is 6.42 Å². The highest BCUT2D eigenvalue weighted by atomic mass is 19.1. The van der Waals surface area contributed by atoms with Crippen molar-refractivity contribution in [3.63, 3.8) is 0 Å². The quantitative estimate of drug-likeness (QED) is 0.757. The zero-order valence-electron chi connectivity index (χ0n) is 11.4. The Bertz CT molecular complexity index is 500. The lowest BCUT2D eigenvalue weighted by Gasteiger charge is -2.38. The average Bonchev–Trinajstić information content (AvgIpc) is 2.89. The number of fused-ring (bicyclic) bond motifs is 1. The van der Waals surface area contributed by atoms with Gasteiger partial charge in [-0.3, -0.25) is 4.79 Å². The first-order valence-electron chi connectivity index (χ1n) is 7.24. The Morgan fingerprint density at radius 1 is 1.26 bits per heavy atom. The van der Waals surface area contributed by atoms with Gasteiger partial charge in [0.1, 0.15) is 5.82 Å². The first-order valence-corrected chi connectivity index (χ1v) is 7.24. The number of piperidine rings is 1. The van der Waals surface area contributed by atoms with E-state index >= 15 is 0 Å². The summed E-state index contributed by atoms with van der Waals surface area (Å²) < 4.78 is 13.3. The van der Waals surface area contributed by atoms with Crippen LogP contribution >= 0.6 is 0 Å². The van der Waals surface area contributed by atoms with Crippen molar-refractivity contribution in [3.05, 3.63) is 35.1 Å². The van der Waals surface area contributed by atoms with Crippen LogP contribution in [-0.4, -0.2) is 23.4 Å². The number of aryl methyl sites for hydroxylation is 1. The Balaban J connectivity index is 1.84. The molecule has 0 N–H and O–H groups in total. The molecule has 2 aliphatic rings. The third kappa shape index (κ3) is 2.26. The number of rotatable bonds is 1. The van der Waals surface area contributed by atoms with Crippen molar-refractivity contribution in [2.24, 2.45) is 5.92 Å². The maximum atomic E-state index is 13.3. The van der Waals surface area contributed by atoms with Crippen LogP contribution in [-0.2, 0) is 0 Å². The molecule has 0 spiro atoms. The first kappa shape index (κ1) is 12.6. The number of carbonyl (C=O) groups is 1. The number of amides is 1. The summed E-state index contributed by atoms with van der Waals surface area (Å²) in [6.07, 6.45) is 6.00. The molecule has 19 heavy (non-hydrogen) atoms. The highest BCUT2D eigenvalue weighted by Crippen LogP contribution is 2.37. The lowest BCUT2D eigenvalue weighted by molar-refractivity contribution is 0.0548. The summed E-state index contributed by atoms with van der Waals surface area (Å²) in [6, 6.07) is 5.12. The SMILES string of the molecule is Cc1cc(C(=O)N2CCCC3CCCC32)ccc1F. The van der Waals surface area contributed by atoms with Crippen molar-refractivity contribution in [1.29, 1.82) is 0 Å². The molecular weight excluding hydrogens is 241 g/mol. The van der Waals surface area contributed by atoms with Crippen molar-refractivity contribution >= 4 is 5.91 Å². The van der Waals surface area contributed by atoms with Crippen molar-refractivity contribution in [2.75, 3.05) is 6.54 Å². The van der Waals surface area contributed by atoms with E-state index in [1.54, 1.807) is 19.1 Å². The fourth-order valence-corrected chi connectivity index (χ4v) is 3.65. The van der Waals surface area contributed by atoms with E-state index in [2.05, 4.69) is 0 Å². The van der Waals surface area contributed by atoms with Crippen molar-refractivity contribution in [3.8, 4) is 0 Å². The molecule has 1 amide bonds. The molecule has 1 aromatic carbocycles. The van der Waals surface area contributed by atoms with Gasteiger partial charge in [0, 0.05) is 18.2 Å². The molecule has 1 aliphatic heterocycles. The van der Waals surface area contributed by atoms with Crippen LogP contribution in [0.15, 0.2) is 18.2 Å². The third-order valence-electron chi connectivity index (χ3n) is 4.66. The van der Waals surface area contributed by atoms with E-state index in [1.807, 2.05) is 4.90 Å². The standard InChI is InChI=1S/C16H20FNO/c1-11-10-13(7-8-14(11)17)16(19)18-9-3-5-12-4-2-6-15(12)18/h7-8,10,12,15H,2-6,9H2,1H3. The van der Waals surface area contributed by atoms with Crippen LogP contribution in [0, 0.1) is 18.7 Å². The molecule has 1 aliphatic carbocycles. The van der Waals surface area contributed by atoms with E-state index in [-0.39, 0.29) is 11.7 Å². The van der Waals surface area contributed by atoms with E-state index in [9.17, 15) is 9.18 Å². The van der Waals surface area contributed by atoms with Crippen LogP contribution in [0.3, 0.4) is 0 Å². The topological polar surface area (TPSA) is 20.3 Å². The van der Waals surface area contributed by atoms with Crippen molar-refractivity contribution in [2.45, 2.75) is 45.1 Å². The number of hydrogen-bond acceptors (Lipinski definition) is 1. The van der Waals surface area contributed by atoms with Gasteiger partial charge in [-0.2, -0.15) is 0 Å². The molecule has 2 fully saturated rings. The highest BCUT2D eigenvalue weighted by Gasteiger charge is 2.37. The number of halogens is 1. The molecule has 0 aromatic heterocycles. The fourth-order valence-electron chi connectivity index (χ4n) is 3.65. The predicted octanol–water partition coefficient (Wildman–Crippen LogP) is 3.54. The lowest BCUT2D eigenvalue weighted by atomic mass is 9.91. The molecule has 2 atom stereocenters. The van der Waals surface area contributed by atoms with Crippen LogP contribution in [0.2, 0.25) is 0 Å². The normalized spacial score (nSPS) is 26.3. The van der Waals surface area contributed by atoms with Crippen molar-refractivity contribution < 1.29 is 9.18 Å². The maximum Gasteiger partial charge on any atom is 0.254 e. The number of benzene rings is 1. The van der Waals surface area contributed by atoms with Crippen LogP contribution < -0.4 is 0 Å². The fraction of sp³-hybridized carbons (Fsp3) is 0.562. The van der Waals surface area contributed by atoms with Crippen LogP contribution in [0.1, 0.15) is 48.0 Å². The Morgan fingerprint density at radius 2 is 2.05 bits per heavy atom. The van der Waals surface area contributed by atoms with Crippen LogP contribution in [0.25, 0.3) is 0 Å². The van der Waals surface area contributed by atoms with Crippen molar-refractivity contribution in [1.82, 2.24) is 4.90 Å². The Hall–Kier alpha value is -1.38. The molecule has 1 aromatic rings. The van der Waals surface area contributed by atoms with Gasteiger partial charge in [-0.15, -0.1) is 0 Å². The van der Waals surface area contributed by atoms with Gasteiger partial charge in [0.15, 0.2) is 0 Å². The van der Waals surface area contributed by atoms with Crippen LogP contribution in [0.5, 0.6) is 0 Å². The van der Waals surface area contributed by atoms with E-state index < -0.39 is 0 Å². The molecule has 102 valence electrons. The number of likely N-dealkylation sites (tertiary alicyclic amines) is 1. The smallest absolute Gasteiger partial charge is 0.254 e. The molecule has 0 radical (unpaired) electrons. The van der Waals surface area contributed by atoms with E-state index in [0.29, 0.717) is 23.1 Å². The lowest BCUT2D eigenvalue weighted by Crippen LogP contribution is -2.46. The third-order valence-corrected chi connectivity index (χ3v) is 4.66. The summed E-state index contributed by atoms with van der Waals surface area (Å²) in [6.45, 7) is 2.57. The molecule has 1 saturated heterocycles. The monoisotopic (exact) mass is 261 g/mol. The Kier molecular flexibility index (Phi) is 3.29. The zero-order valence-corrected chi connectivity index (χ0v) is 11.4. The Labute approximate surface area is 113 Å². The summed E-state index contributed by atoms with van der Waals surface area (Å²) in [4.78, 5) is 14.6. The number of carbonyl (C=O) groups excluding carboxylic acids is 1. The summed E-state index contributed by atoms with van der Waals surface area (Å²) >= 11 is 0. The largest absolute Gasteiger partial charge is 0.335 e. The molecule has 1 heterocycles. The molecular formula is C16H20FNO. The van der Waals surface area contributed by atoms with Gasteiger partial charge in [-0.05, 0) is 62.3 Å². The van der Waals surface area contributed by atoms with Gasteiger partial charge in [0.25, 0.3) is 5.91 Å². The summed E-state index contributed by atoms with van der Waals surface area (Å²) in [7, 11) is 0. The number of nitrogens with zero attached hydrogens (tertiary/aromatic N) is 1. The summed E-state index contributed by atoms with van der Waals surface area (Å²) in [5, 5.41) is 0. The first-order chi connectivity index (χ1) is 9.16. The molecule has 0 bridgehead atoms. The minimum Gasteiger partial charge on any atom is -0.335 e. The molecule has 1 saturated carbocycles. The Morgan fingerprint density at radius 3 is 2.84 bits per heavy atom.